The number of aliphatic hydroxyl groups excluding tert-OH is 1. The maximum Gasteiger partial charge on any atom is 0.253 e. The average Bonchev–Trinajstić information content (AvgIpc) is 2.94. The molecular formula is C19H32N2O6. The van der Waals surface area contributed by atoms with E-state index in [-0.39, 0.29) is 17.9 Å². The predicted molar refractivity (Wildman–Crippen MR) is 98.8 cm³/mol. The lowest BCUT2D eigenvalue weighted by atomic mass is 9.84. The fraction of sp³-hybridized carbons (Fsp3) is 0.789. The molecule has 0 aromatic carbocycles. The molecule has 8 heteroatoms. The molecule has 2 fully saturated rings. The number of hydrogen-bond donors (Lipinski definition) is 3. The molecule has 0 aliphatic carbocycles. The molecule has 2 rings (SSSR count). The van der Waals surface area contributed by atoms with Crippen molar-refractivity contribution in [1.82, 2.24) is 10.6 Å². The van der Waals surface area contributed by atoms with Crippen molar-refractivity contribution >= 4 is 11.8 Å². The second kappa shape index (κ2) is 7.87. The molecule has 0 spiro atoms. The predicted octanol–water partition coefficient (Wildman–Crippen LogP) is 0.491. The quantitative estimate of drug-likeness (QED) is 0.596. The highest BCUT2D eigenvalue weighted by molar-refractivity contribution is 5.91. The first-order valence-electron chi connectivity index (χ1n) is 9.24. The summed E-state index contributed by atoms with van der Waals surface area (Å²) in [5.41, 5.74) is -1.67. The monoisotopic (exact) mass is 384 g/mol. The van der Waals surface area contributed by atoms with Gasteiger partial charge in [-0.3, -0.25) is 9.59 Å². The summed E-state index contributed by atoms with van der Waals surface area (Å²) >= 11 is 0. The van der Waals surface area contributed by atoms with Crippen molar-refractivity contribution in [1.29, 1.82) is 0 Å². The number of carbonyl (C=O) groups excluding carboxylic acids is 2. The van der Waals surface area contributed by atoms with Crippen molar-refractivity contribution < 1.29 is 28.9 Å². The Hall–Kier alpha value is -1.48. The van der Waals surface area contributed by atoms with Gasteiger partial charge in [0, 0.05) is 13.7 Å². The molecule has 0 bridgehead atoms. The van der Waals surface area contributed by atoms with Crippen LogP contribution >= 0.6 is 0 Å². The molecule has 0 saturated carbocycles. The minimum Gasteiger partial charge on any atom is -0.387 e. The van der Waals surface area contributed by atoms with Gasteiger partial charge in [0.05, 0.1) is 6.61 Å². The molecule has 2 saturated heterocycles. The Morgan fingerprint density at radius 3 is 2.63 bits per heavy atom. The summed E-state index contributed by atoms with van der Waals surface area (Å²) < 4.78 is 17.1. The zero-order chi connectivity index (χ0) is 20.5. The van der Waals surface area contributed by atoms with Crippen LogP contribution in [0.15, 0.2) is 12.2 Å². The smallest absolute Gasteiger partial charge is 0.253 e. The van der Waals surface area contributed by atoms with Gasteiger partial charge in [0.1, 0.15) is 12.1 Å². The number of aliphatic hydroxyl groups is 1. The molecule has 0 unspecified atom stereocenters. The van der Waals surface area contributed by atoms with E-state index in [1.165, 1.54) is 7.11 Å². The first kappa shape index (κ1) is 21.8. The molecule has 0 aromatic heterocycles. The number of allylic oxidation sites excluding steroid dienone is 1. The summed E-state index contributed by atoms with van der Waals surface area (Å²) in [4.78, 5) is 24.8. The Labute approximate surface area is 160 Å². The highest BCUT2D eigenvalue weighted by Gasteiger charge is 2.55. The van der Waals surface area contributed by atoms with E-state index in [1.807, 2.05) is 26.8 Å². The van der Waals surface area contributed by atoms with Gasteiger partial charge in [-0.2, -0.15) is 0 Å². The highest BCUT2D eigenvalue weighted by atomic mass is 16.7. The van der Waals surface area contributed by atoms with Crippen molar-refractivity contribution in [2.45, 2.75) is 70.7 Å². The van der Waals surface area contributed by atoms with Gasteiger partial charge in [-0.15, -0.1) is 0 Å². The molecule has 2 aliphatic heterocycles. The van der Waals surface area contributed by atoms with Gasteiger partial charge in [0.25, 0.3) is 5.91 Å². The molecule has 2 heterocycles. The Morgan fingerprint density at radius 2 is 2.11 bits per heavy atom. The normalized spacial score (nSPS) is 32.3. The molecular weight excluding hydrogens is 352 g/mol. The molecule has 154 valence electrons. The zero-order valence-electron chi connectivity index (χ0n) is 17.0. The number of rotatable bonds is 5. The number of hydrogen-bond acceptors (Lipinski definition) is 6. The number of ether oxygens (including phenoxy) is 3. The minimum absolute atomic E-state index is 0.0153. The number of methoxy groups -OCH3 is 1. The van der Waals surface area contributed by atoms with E-state index in [2.05, 4.69) is 10.6 Å². The van der Waals surface area contributed by atoms with Crippen molar-refractivity contribution in [3.8, 4) is 0 Å². The topological polar surface area (TPSA) is 106 Å². The lowest BCUT2D eigenvalue weighted by Crippen LogP contribution is -2.67. The third-order valence-corrected chi connectivity index (χ3v) is 4.62. The van der Waals surface area contributed by atoms with Crippen LogP contribution in [0.4, 0.5) is 0 Å². The minimum atomic E-state index is -1.46. The summed E-state index contributed by atoms with van der Waals surface area (Å²) in [5, 5.41) is 16.2. The highest BCUT2D eigenvalue weighted by Crippen LogP contribution is 2.37. The largest absolute Gasteiger partial charge is 0.387 e. The van der Waals surface area contributed by atoms with E-state index in [9.17, 15) is 14.7 Å². The summed E-state index contributed by atoms with van der Waals surface area (Å²) in [6.07, 6.45) is 1.77. The zero-order valence-corrected chi connectivity index (χ0v) is 17.0. The molecule has 0 radical (unpaired) electrons. The van der Waals surface area contributed by atoms with Crippen LogP contribution in [-0.2, 0) is 23.8 Å². The van der Waals surface area contributed by atoms with Crippen molar-refractivity contribution in [3.05, 3.63) is 12.2 Å². The number of nitrogens with one attached hydrogen (secondary N) is 2. The van der Waals surface area contributed by atoms with E-state index in [0.717, 1.165) is 0 Å². The van der Waals surface area contributed by atoms with Gasteiger partial charge in [-0.25, -0.2) is 0 Å². The fourth-order valence-corrected chi connectivity index (χ4v) is 3.25. The van der Waals surface area contributed by atoms with Crippen LogP contribution in [0.1, 0.15) is 41.0 Å². The molecule has 2 aliphatic rings. The van der Waals surface area contributed by atoms with Gasteiger partial charge < -0.3 is 30.0 Å². The first-order valence-corrected chi connectivity index (χ1v) is 9.24. The maximum atomic E-state index is 13.0. The standard InChI is InChI=1S/C19H32N2O6/c1-17(2,3)8-9-19(13(22)11-26-18(4,5)27-19)14(25-6)16(24)21-12-7-10-20-15(12)23/h8-9,12-14,22H,7,10-11H2,1-6H3,(H,20,23)(H,21,24)/b9-8+/t12-,13-,14+,19-/m1/s1. The fourth-order valence-electron chi connectivity index (χ4n) is 3.25. The Balaban J connectivity index is 2.38. The summed E-state index contributed by atoms with van der Waals surface area (Å²) in [6.45, 7) is 9.92. The second-order valence-electron chi connectivity index (χ2n) is 8.64. The summed E-state index contributed by atoms with van der Waals surface area (Å²) in [7, 11) is 1.38. The molecule has 8 nitrogen and oxygen atoms in total. The molecule has 4 atom stereocenters. The molecule has 3 N–H and O–H groups in total. The lowest BCUT2D eigenvalue weighted by molar-refractivity contribution is -0.344. The van der Waals surface area contributed by atoms with Crippen molar-refractivity contribution in [3.63, 3.8) is 0 Å². The Bertz CT molecular complexity index is 597. The third-order valence-electron chi connectivity index (χ3n) is 4.62. The number of carbonyl (C=O) groups is 2. The Kier molecular flexibility index (Phi) is 6.36. The maximum absolute atomic E-state index is 13.0. The lowest BCUT2D eigenvalue weighted by Gasteiger charge is -2.49. The van der Waals surface area contributed by atoms with Crippen LogP contribution in [0.25, 0.3) is 0 Å². The van der Waals surface area contributed by atoms with E-state index < -0.39 is 35.5 Å². The Morgan fingerprint density at radius 1 is 1.44 bits per heavy atom. The van der Waals surface area contributed by atoms with Gasteiger partial charge in [-0.05, 0) is 25.7 Å². The number of amides is 2. The third kappa shape index (κ3) is 5.07. The SMILES string of the molecule is CO[C@@H](C(=O)N[C@@H]1CCNC1=O)[C@]1(/C=C/C(C)(C)C)OC(C)(C)OC[C@H]1O. The average molecular weight is 384 g/mol. The molecule has 27 heavy (non-hydrogen) atoms. The van der Waals surface area contributed by atoms with Crippen LogP contribution in [0.5, 0.6) is 0 Å². The summed E-state index contributed by atoms with van der Waals surface area (Å²) in [6, 6.07) is -0.621. The second-order valence-corrected chi connectivity index (χ2v) is 8.64. The van der Waals surface area contributed by atoms with Crippen LogP contribution in [-0.4, -0.2) is 66.8 Å². The van der Waals surface area contributed by atoms with Crippen LogP contribution < -0.4 is 10.6 Å². The van der Waals surface area contributed by atoms with Crippen LogP contribution in [0.3, 0.4) is 0 Å². The molecule has 2 amide bonds. The van der Waals surface area contributed by atoms with E-state index in [0.29, 0.717) is 13.0 Å². The summed E-state index contributed by atoms with van der Waals surface area (Å²) in [5.74, 6) is -1.77. The van der Waals surface area contributed by atoms with Gasteiger partial charge in [0.15, 0.2) is 17.5 Å². The van der Waals surface area contributed by atoms with Crippen molar-refractivity contribution in [2.75, 3.05) is 20.3 Å². The first-order chi connectivity index (χ1) is 12.4. The van der Waals surface area contributed by atoms with Gasteiger partial charge in [-0.1, -0.05) is 32.9 Å². The van der Waals surface area contributed by atoms with Crippen molar-refractivity contribution in [2.24, 2.45) is 5.41 Å². The van der Waals surface area contributed by atoms with E-state index in [4.69, 9.17) is 14.2 Å². The van der Waals surface area contributed by atoms with E-state index in [1.54, 1.807) is 19.9 Å². The van der Waals surface area contributed by atoms with Crippen LogP contribution in [0, 0.1) is 5.41 Å². The molecule has 0 aromatic rings. The van der Waals surface area contributed by atoms with E-state index >= 15 is 0 Å². The van der Waals surface area contributed by atoms with Crippen LogP contribution in [0.2, 0.25) is 0 Å². The van der Waals surface area contributed by atoms with Gasteiger partial charge in [0.2, 0.25) is 5.91 Å². The van der Waals surface area contributed by atoms with Gasteiger partial charge >= 0.3 is 0 Å².